The average Bonchev–Trinajstić information content (AvgIpc) is 2.90. The highest BCUT2D eigenvalue weighted by Gasteiger charge is 2.31. The molecule has 2 N–H and O–H groups in total. The van der Waals surface area contributed by atoms with Gasteiger partial charge in [0.2, 0.25) is 0 Å². The predicted octanol–water partition coefficient (Wildman–Crippen LogP) is 2.56. The van der Waals surface area contributed by atoms with Gasteiger partial charge in [-0.3, -0.25) is 4.68 Å². The van der Waals surface area contributed by atoms with E-state index in [1.54, 1.807) is 0 Å². The fraction of sp³-hybridized carbons (Fsp3) is 0.700. The van der Waals surface area contributed by atoms with E-state index in [0.29, 0.717) is 18.5 Å². The zero-order valence-corrected chi connectivity index (χ0v) is 10.2. The molecule has 1 fully saturated rings. The van der Waals surface area contributed by atoms with Gasteiger partial charge in [0.15, 0.2) is 0 Å². The molecule has 1 aromatic rings. The van der Waals surface area contributed by atoms with E-state index < -0.39 is 0 Å². The Hall–Kier alpha value is -0.350. The fourth-order valence-corrected chi connectivity index (χ4v) is 2.47. The summed E-state index contributed by atoms with van der Waals surface area (Å²) in [6, 6.07) is 0.419. The van der Waals surface area contributed by atoms with Gasteiger partial charge in [0.25, 0.3) is 0 Å². The van der Waals surface area contributed by atoms with Gasteiger partial charge in [0.05, 0.1) is 15.9 Å². The Labute approximate surface area is 92.8 Å². The van der Waals surface area contributed by atoms with E-state index in [0.717, 1.165) is 10.2 Å². The average molecular weight is 258 g/mol. The van der Waals surface area contributed by atoms with Gasteiger partial charge < -0.3 is 5.73 Å². The number of aromatic nitrogens is 2. The summed E-state index contributed by atoms with van der Waals surface area (Å²) in [5.74, 6) is 0.708. The lowest BCUT2D eigenvalue weighted by atomic mass is 10.2. The number of hydrogen-bond donors (Lipinski definition) is 1. The van der Waals surface area contributed by atoms with Crippen LogP contribution >= 0.6 is 15.9 Å². The van der Waals surface area contributed by atoms with Crippen LogP contribution in [0, 0.1) is 0 Å². The van der Waals surface area contributed by atoms with Crippen LogP contribution < -0.4 is 5.73 Å². The zero-order chi connectivity index (χ0) is 10.3. The highest BCUT2D eigenvalue weighted by atomic mass is 79.9. The van der Waals surface area contributed by atoms with E-state index in [2.05, 4.69) is 39.6 Å². The quantitative estimate of drug-likeness (QED) is 0.905. The van der Waals surface area contributed by atoms with Crippen LogP contribution in [0.3, 0.4) is 0 Å². The molecule has 0 atom stereocenters. The zero-order valence-electron chi connectivity index (χ0n) is 8.63. The molecule has 78 valence electrons. The molecule has 1 aliphatic carbocycles. The van der Waals surface area contributed by atoms with Crippen molar-refractivity contribution in [3.8, 4) is 0 Å². The molecule has 1 aromatic heterocycles. The molecule has 0 spiro atoms. The molecule has 1 aliphatic rings. The minimum absolute atomic E-state index is 0.419. The maximum absolute atomic E-state index is 5.65. The summed E-state index contributed by atoms with van der Waals surface area (Å²) in [6.45, 7) is 4.83. The number of halogens is 1. The van der Waals surface area contributed by atoms with Gasteiger partial charge in [0, 0.05) is 18.5 Å². The minimum Gasteiger partial charge on any atom is -0.325 e. The van der Waals surface area contributed by atoms with Crippen molar-refractivity contribution in [3.63, 3.8) is 0 Å². The van der Waals surface area contributed by atoms with Crippen molar-refractivity contribution in [1.29, 1.82) is 0 Å². The van der Waals surface area contributed by atoms with Gasteiger partial charge in [-0.2, -0.15) is 5.10 Å². The van der Waals surface area contributed by atoms with Crippen molar-refractivity contribution < 1.29 is 0 Å². The van der Waals surface area contributed by atoms with Crippen LogP contribution in [0.4, 0.5) is 0 Å². The molecule has 2 rings (SSSR count). The molecule has 0 aromatic carbocycles. The maximum atomic E-state index is 5.65. The molecule has 14 heavy (non-hydrogen) atoms. The second-order valence-electron chi connectivity index (χ2n) is 4.16. The third kappa shape index (κ3) is 1.61. The van der Waals surface area contributed by atoms with Crippen molar-refractivity contribution in [2.45, 2.75) is 45.2 Å². The molecule has 0 aliphatic heterocycles. The normalized spacial score (nSPS) is 16.6. The Morgan fingerprint density at radius 1 is 1.57 bits per heavy atom. The summed E-state index contributed by atoms with van der Waals surface area (Å²) >= 11 is 3.61. The van der Waals surface area contributed by atoms with Crippen molar-refractivity contribution in [3.05, 3.63) is 15.9 Å². The molecule has 1 saturated carbocycles. The van der Waals surface area contributed by atoms with Gasteiger partial charge in [-0.15, -0.1) is 0 Å². The largest absolute Gasteiger partial charge is 0.325 e. The lowest BCUT2D eigenvalue weighted by molar-refractivity contribution is 0.505. The summed E-state index contributed by atoms with van der Waals surface area (Å²) < 4.78 is 3.25. The fourth-order valence-electron chi connectivity index (χ4n) is 1.72. The first-order valence-electron chi connectivity index (χ1n) is 5.12. The summed E-state index contributed by atoms with van der Waals surface area (Å²) in [5.41, 5.74) is 7.98. The molecule has 0 radical (unpaired) electrons. The Balaban J connectivity index is 2.46. The van der Waals surface area contributed by atoms with E-state index in [4.69, 9.17) is 5.73 Å². The Kier molecular flexibility index (Phi) is 2.66. The molecule has 0 unspecified atom stereocenters. The summed E-state index contributed by atoms with van der Waals surface area (Å²) in [5, 5.41) is 4.53. The molecule has 1 heterocycles. The third-order valence-corrected chi connectivity index (χ3v) is 3.46. The van der Waals surface area contributed by atoms with Gasteiger partial charge in [-0.05, 0) is 42.6 Å². The highest BCUT2D eigenvalue weighted by molar-refractivity contribution is 9.10. The van der Waals surface area contributed by atoms with Gasteiger partial charge >= 0.3 is 0 Å². The molecule has 4 heteroatoms. The first-order chi connectivity index (χ1) is 6.65. The van der Waals surface area contributed by atoms with Crippen LogP contribution in [-0.2, 0) is 6.54 Å². The smallest absolute Gasteiger partial charge is 0.0905 e. The predicted molar refractivity (Wildman–Crippen MR) is 60.2 cm³/mol. The van der Waals surface area contributed by atoms with Crippen molar-refractivity contribution in [2.75, 3.05) is 0 Å². The second kappa shape index (κ2) is 3.66. The SMILES string of the molecule is CC(C)n1nc(CN)c(Br)c1C1CC1. The minimum atomic E-state index is 0.419. The third-order valence-electron chi connectivity index (χ3n) is 2.60. The van der Waals surface area contributed by atoms with Crippen LogP contribution in [0.2, 0.25) is 0 Å². The van der Waals surface area contributed by atoms with Crippen molar-refractivity contribution in [2.24, 2.45) is 5.73 Å². The number of hydrogen-bond acceptors (Lipinski definition) is 2. The molecule has 0 saturated heterocycles. The van der Waals surface area contributed by atoms with Gasteiger partial charge in [-0.1, -0.05) is 0 Å². The monoisotopic (exact) mass is 257 g/mol. The van der Waals surface area contributed by atoms with Crippen molar-refractivity contribution in [1.82, 2.24) is 9.78 Å². The topological polar surface area (TPSA) is 43.8 Å². The Morgan fingerprint density at radius 3 is 2.64 bits per heavy atom. The molecule has 3 nitrogen and oxygen atoms in total. The summed E-state index contributed by atoms with van der Waals surface area (Å²) in [7, 11) is 0. The molecular formula is C10H16BrN3. The number of rotatable bonds is 3. The first-order valence-corrected chi connectivity index (χ1v) is 5.91. The van der Waals surface area contributed by atoms with Crippen LogP contribution in [0.1, 0.15) is 50.0 Å². The first kappa shape index (κ1) is 10.2. The Bertz CT molecular complexity index is 339. The van der Waals surface area contributed by atoms with E-state index in [9.17, 15) is 0 Å². The van der Waals surface area contributed by atoms with Crippen molar-refractivity contribution >= 4 is 15.9 Å². The Morgan fingerprint density at radius 2 is 2.21 bits per heavy atom. The van der Waals surface area contributed by atoms with Crippen LogP contribution in [-0.4, -0.2) is 9.78 Å². The number of nitrogens with two attached hydrogens (primary N) is 1. The van der Waals surface area contributed by atoms with Crippen LogP contribution in [0.15, 0.2) is 4.47 Å². The summed E-state index contributed by atoms with van der Waals surface area (Å²) in [4.78, 5) is 0. The molecular weight excluding hydrogens is 242 g/mol. The van der Waals surface area contributed by atoms with Gasteiger partial charge in [-0.25, -0.2) is 0 Å². The standard InChI is InChI=1S/C10H16BrN3/c1-6(2)14-10(7-3-4-7)9(11)8(5-12)13-14/h6-7H,3-5,12H2,1-2H3. The highest BCUT2D eigenvalue weighted by Crippen LogP contribution is 2.44. The van der Waals surface area contributed by atoms with Crippen LogP contribution in [0.25, 0.3) is 0 Å². The lowest BCUT2D eigenvalue weighted by Gasteiger charge is -2.10. The second-order valence-corrected chi connectivity index (χ2v) is 4.96. The van der Waals surface area contributed by atoms with E-state index in [-0.39, 0.29) is 0 Å². The molecule has 0 bridgehead atoms. The summed E-state index contributed by atoms with van der Waals surface area (Å²) in [6.07, 6.45) is 2.59. The van der Waals surface area contributed by atoms with Gasteiger partial charge in [0.1, 0.15) is 0 Å². The van der Waals surface area contributed by atoms with E-state index in [1.165, 1.54) is 18.5 Å². The van der Waals surface area contributed by atoms with E-state index in [1.807, 2.05) is 0 Å². The number of nitrogens with zero attached hydrogens (tertiary/aromatic N) is 2. The lowest BCUT2D eigenvalue weighted by Crippen LogP contribution is -2.07. The maximum Gasteiger partial charge on any atom is 0.0905 e. The van der Waals surface area contributed by atoms with E-state index >= 15 is 0 Å². The molecule has 0 amide bonds. The van der Waals surface area contributed by atoms with Crippen LogP contribution in [0.5, 0.6) is 0 Å².